The van der Waals surface area contributed by atoms with Crippen LogP contribution in [0.4, 0.5) is 5.69 Å². The molecule has 0 radical (unpaired) electrons. The van der Waals surface area contributed by atoms with E-state index in [0.29, 0.717) is 10.8 Å². The van der Waals surface area contributed by atoms with E-state index in [1.807, 2.05) is 12.1 Å². The number of thioether (sulfide) groups is 1. The van der Waals surface area contributed by atoms with Gasteiger partial charge in [0.05, 0.1) is 22.7 Å². The fourth-order valence-electron chi connectivity index (χ4n) is 2.39. The van der Waals surface area contributed by atoms with E-state index >= 15 is 0 Å². The molecule has 2 N–H and O–H groups in total. The van der Waals surface area contributed by atoms with Gasteiger partial charge in [0, 0.05) is 23.1 Å². The van der Waals surface area contributed by atoms with Crippen molar-refractivity contribution in [1.29, 1.82) is 0 Å². The van der Waals surface area contributed by atoms with Gasteiger partial charge in [-0.15, -0.1) is 0 Å². The van der Waals surface area contributed by atoms with Crippen molar-refractivity contribution in [3.05, 3.63) is 27.8 Å². The van der Waals surface area contributed by atoms with Gasteiger partial charge in [-0.1, -0.05) is 30.3 Å². The van der Waals surface area contributed by atoms with E-state index in [4.69, 9.17) is 16.3 Å². The van der Waals surface area contributed by atoms with Crippen LogP contribution in [0.3, 0.4) is 0 Å². The molecule has 1 aromatic rings. The molecule has 1 amide bonds. The molecule has 2 aliphatic rings. The fraction of sp³-hybridized carbons (Fsp3) is 0.357. The Hall–Kier alpha value is -1.33. The summed E-state index contributed by atoms with van der Waals surface area (Å²) in [6, 6.07) is 3.91. The highest BCUT2D eigenvalue weighted by atomic mass is 35.5. The maximum absolute atomic E-state index is 12.1. The molecule has 6 heteroatoms. The minimum Gasteiger partial charge on any atom is -0.495 e. The average Bonchev–Trinajstić information content (AvgIpc) is 2.44. The second-order valence-corrected chi connectivity index (χ2v) is 6.26. The summed E-state index contributed by atoms with van der Waals surface area (Å²) in [6.07, 6.45) is 1.75. The van der Waals surface area contributed by atoms with Gasteiger partial charge in [0.15, 0.2) is 0 Å². The molecule has 0 aromatic heterocycles. The van der Waals surface area contributed by atoms with Crippen molar-refractivity contribution in [3.8, 4) is 5.75 Å². The molecule has 1 aromatic carbocycles. The molecule has 2 heterocycles. The molecule has 3 rings (SSSR count). The summed E-state index contributed by atoms with van der Waals surface area (Å²) in [6.45, 7) is 2.07. The number of carbonyl (C=O) groups excluding carboxylic acids is 1. The van der Waals surface area contributed by atoms with Crippen LogP contribution < -0.4 is 15.4 Å². The molecule has 0 saturated heterocycles. The maximum atomic E-state index is 12.1. The van der Waals surface area contributed by atoms with Crippen molar-refractivity contribution in [2.45, 2.75) is 30.7 Å². The molecule has 4 nitrogen and oxygen atoms in total. The highest BCUT2D eigenvalue weighted by molar-refractivity contribution is 8.04. The summed E-state index contributed by atoms with van der Waals surface area (Å²) in [5, 5.41) is 6.93. The lowest BCUT2D eigenvalue weighted by Gasteiger charge is -2.31. The number of nitrogens with one attached hydrogen (secondary N) is 2. The number of amides is 1. The summed E-state index contributed by atoms with van der Waals surface area (Å²) in [4.78, 5) is 13.8. The zero-order valence-electron chi connectivity index (χ0n) is 11.2. The predicted octanol–water partition coefficient (Wildman–Crippen LogP) is 3.38. The summed E-state index contributed by atoms with van der Waals surface area (Å²) >= 11 is 7.62. The third-order valence-electron chi connectivity index (χ3n) is 3.51. The van der Waals surface area contributed by atoms with E-state index in [2.05, 4.69) is 17.6 Å². The van der Waals surface area contributed by atoms with Crippen LogP contribution in [0.5, 0.6) is 5.75 Å². The standard InChI is InChI=1S/C14H15ClN2O2S/c1-3-7-4-10-13(14(18)16-7)20-12-6-11(19-2)8(15)5-9(12)17-10/h5-7,17H,3-4H2,1-2H3,(H,16,18). The number of halogens is 1. The number of benzene rings is 1. The molecule has 0 fully saturated rings. The Morgan fingerprint density at radius 1 is 1.50 bits per heavy atom. The van der Waals surface area contributed by atoms with Gasteiger partial charge < -0.3 is 15.4 Å². The van der Waals surface area contributed by atoms with Crippen LogP contribution in [0.2, 0.25) is 5.02 Å². The minimum absolute atomic E-state index is 0.00448. The summed E-state index contributed by atoms with van der Waals surface area (Å²) in [7, 11) is 1.58. The van der Waals surface area contributed by atoms with Gasteiger partial charge in [-0.25, -0.2) is 0 Å². The first kappa shape index (κ1) is 13.6. The minimum atomic E-state index is -0.00448. The monoisotopic (exact) mass is 310 g/mol. The SMILES string of the molecule is CCC1CC2=C(Sc3cc(OC)c(Cl)cc3N2)C(=O)N1. The number of anilines is 1. The molecular weight excluding hydrogens is 296 g/mol. The molecule has 20 heavy (non-hydrogen) atoms. The Morgan fingerprint density at radius 3 is 3.00 bits per heavy atom. The molecule has 0 aliphatic carbocycles. The number of fused-ring (bicyclic) bond motifs is 1. The van der Waals surface area contributed by atoms with Crippen LogP contribution in [-0.2, 0) is 4.79 Å². The smallest absolute Gasteiger partial charge is 0.260 e. The highest BCUT2D eigenvalue weighted by Crippen LogP contribution is 2.45. The maximum Gasteiger partial charge on any atom is 0.260 e. The summed E-state index contributed by atoms with van der Waals surface area (Å²) in [5.74, 6) is 0.613. The molecule has 106 valence electrons. The molecular formula is C14H15ClN2O2S. The van der Waals surface area contributed by atoms with E-state index < -0.39 is 0 Å². The predicted molar refractivity (Wildman–Crippen MR) is 81.3 cm³/mol. The fourth-order valence-corrected chi connectivity index (χ4v) is 3.64. The Bertz CT molecular complexity index is 615. The van der Waals surface area contributed by atoms with Crippen molar-refractivity contribution in [2.75, 3.05) is 12.4 Å². The van der Waals surface area contributed by atoms with Crippen LogP contribution in [0, 0.1) is 0 Å². The van der Waals surface area contributed by atoms with Crippen LogP contribution >= 0.6 is 23.4 Å². The van der Waals surface area contributed by atoms with Gasteiger partial charge in [0.25, 0.3) is 5.91 Å². The largest absolute Gasteiger partial charge is 0.495 e. The Balaban J connectivity index is 1.97. The van der Waals surface area contributed by atoms with Gasteiger partial charge in [0.1, 0.15) is 5.75 Å². The topological polar surface area (TPSA) is 50.4 Å². The first-order valence-electron chi connectivity index (χ1n) is 6.48. The van der Waals surface area contributed by atoms with E-state index in [0.717, 1.165) is 34.0 Å². The van der Waals surface area contributed by atoms with Crippen LogP contribution in [0.25, 0.3) is 0 Å². The van der Waals surface area contributed by atoms with Crippen LogP contribution in [-0.4, -0.2) is 19.1 Å². The van der Waals surface area contributed by atoms with Crippen molar-refractivity contribution in [1.82, 2.24) is 5.32 Å². The third-order valence-corrected chi connectivity index (χ3v) is 5.00. The molecule has 0 bridgehead atoms. The first-order chi connectivity index (χ1) is 9.62. The molecule has 0 saturated carbocycles. The van der Waals surface area contributed by atoms with E-state index in [-0.39, 0.29) is 11.9 Å². The quantitative estimate of drug-likeness (QED) is 0.879. The highest BCUT2D eigenvalue weighted by Gasteiger charge is 2.31. The number of rotatable bonds is 2. The van der Waals surface area contributed by atoms with Crippen molar-refractivity contribution >= 4 is 35.0 Å². The lowest BCUT2D eigenvalue weighted by molar-refractivity contribution is -0.118. The molecule has 0 spiro atoms. The number of hydrogen-bond donors (Lipinski definition) is 2. The number of carbonyl (C=O) groups is 1. The summed E-state index contributed by atoms with van der Waals surface area (Å²) in [5.41, 5.74) is 1.92. The average molecular weight is 311 g/mol. The normalized spacial score (nSPS) is 20.8. The third kappa shape index (κ3) is 2.25. The Labute approximate surface area is 126 Å². The zero-order chi connectivity index (χ0) is 14.3. The van der Waals surface area contributed by atoms with Gasteiger partial charge in [-0.05, 0) is 18.6 Å². The molecule has 1 atom stereocenters. The van der Waals surface area contributed by atoms with E-state index in [9.17, 15) is 4.79 Å². The second-order valence-electron chi connectivity index (χ2n) is 4.80. The molecule has 2 aliphatic heterocycles. The lowest BCUT2D eigenvalue weighted by atomic mass is 10.0. The Kier molecular flexibility index (Phi) is 3.56. The van der Waals surface area contributed by atoms with Gasteiger partial charge in [-0.2, -0.15) is 0 Å². The van der Waals surface area contributed by atoms with Crippen molar-refractivity contribution < 1.29 is 9.53 Å². The Morgan fingerprint density at radius 2 is 2.30 bits per heavy atom. The van der Waals surface area contributed by atoms with Crippen LogP contribution in [0.1, 0.15) is 19.8 Å². The van der Waals surface area contributed by atoms with Gasteiger partial charge in [-0.3, -0.25) is 4.79 Å². The lowest BCUT2D eigenvalue weighted by Crippen LogP contribution is -2.41. The number of methoxy groups -OCH3 is 1. The second kappa shape index (κ2) is 5.22. The first-order valence-corrected chi connectivity index (χ1v) is 7.68. The van der Waals surface area contributed by atoms with Crippen molar-refractivity contribution in [2.24, 2.45) is 0 Å². The van der Waals surface area contributed by atoms with Gasteiger partial charge >= 0.3 is 0 Å². The van der Waals surface area contributed by atoms with E-state index in [1.54, 1.807) is 7.11 Å². The van der Waals surface area contributed by atoms with Crippen molar-refractivity contribution in [3.63, 3.8) is 0 Å². The molecule has 1 unspecified atom stereocenters. The van der Waals surface area contributed by atoms with Gasteiger partial charge in [0.2, 0.25) is 0 Å². The van der Waals surface area contributed by atoms with E-state index in [1.165, 1.54) is 11.8 Å². The van der Waals surface area contributed by atoms with Crippen LogP contribution in [0.15, 0.2) is 27.6 Å². The summed E-state index contributed by atoms with van der Waals surface area (Å²) < 4.78 is 5.22. The number of hydrogen-bond acceptors (Lipinski definition) is 4. The zero-order valence-corrected chi connectivity index (χ0v) is 12.8. The number of ether oxygens (including phenoxy) is 1.